The Morgan fingerprint density at radius 1 is 0.966 bits per heavy atom. The quantitative estimate of drug-likeness (QED) is 0.725. The maximum absolute atomic E-state index is 13.3. The summed E-state index contributed by atoms with van der Waals surface area (Å²) >= 11 is 0. The highest BCUT2D eigenvalue weighted by Crippen LogP contribution is 2.15. The Labute approximate surface area is 173 Å². The third-order valence-electron chi connectivity index (χ3n) is 5.04. The Morgan fingerprint density at radius 2 is 1.59 bits per heavy atom. The number of benzene rings is 2. The molecule has 0 saturated heterocycles. The van der Waals surface area contributed by atoms with Gasteiger partial charge in [0, 0.05) is 13.1 Å². The van der Waals surface area contributed by atoms with Crippen molar-refractivity contribution < 1.29 is 14.0 Å². The lowest BCUT2D eigenvalue weighted by atomic mass is 10.0. The highest BCUT2D eigenvalue weighted by atomic mass is 19.1. The summed E-state index contributed by atoms with van der Waals surface area (Å²) in [4.78, 5) is 27.3. The van der Waals surface area contributed by atoms with Gasteiger partial charge >= 0.3 is 0 Å². The lowest BCUT2D eigenvalue weighted by Crippen LogP contribution is -2.48. The fraction of sp³-hybridized carbons (Fsp3) is 0.417. The number of halogens is 1. The molecule has 0 aliphatic heterocycles. The molecule has 0 aliphatic rings. The van der Waals surface area contributed by atoms with E-state index >= 15 is 0 Å². The van der Waals surface area contributed by atoms with Crippen LogP contribution in [-0.4, -0.2) is 29.3 Å². The molecule has 0 heterocycles. The van der Waals surface area contributed by atoms with Crippen LogP contribution in [0.25, 0.3) is 0 Å². The molecule has 0 radical (unpaired) electrons. The summed E-state index contributed by atoms with van der Waals surface area (Å²) in [7, 11) is 0. The normalized spacial score (nSPS) is 12.0. The van der Waals surface area contributed by atoms with Gasteiger partial charge in [-0.25, -0.2) is 4.39 Å². The van der Waals surface area contributed by atoms with Gasteiger partial charge in [-0.2, -0.15) is 0 Å². The van der Waals surface area contributed by atoms with Crippen LogP contribution in [0.4, 0.5) is 4.39 Å². The molecule has 2 aromatic carbocycles. The molecule has 156 valence electrons. The van der Waals surface area contributed by atoms with E-state index in [1.54, 1.807) is 24.0 Å². The van der Waals surface area contributed by atoms with E-state index in [1.165, 1.54) is 17.7 Å². The van der Waals surface area contributed by atoms with Crippen molar-refractivity contribution in [2.45, 2.75) is 53.6 Å². The molecule has 4 nitrogen and oxygen atoms in total. The van der Waals surface area contributed by atoms with Gasteiger partial charge in [-0.05, 0) is 61.1 Å². The number of nitrogens with one attached hydrogen (secondary N) is 1. The van der Waals surface area contributed by atoms with Gasteiger partial charge < -0.3 is 10.2 Å². The molecule has 0 spiro atoms. The minimum Gasteiger partial charge on any atom is -0.354 e. The van der Waals surface area contributed by atoms with Crippen molar-refractivity contribution in [2.24, 2.45) is 5.92 Å². The first kappa shape index (κ1) is 22.6. The van der Waals surface area contributed by atoms with E-state index in [-0.39, 0.29) is 30.6 Å². The summed E-state index contributed by atoms with van der Waals surface area (Å²) in [5, 5.41) is 2.90. The number of hydrogen-bond donors (Lipinski definition) is 1. The Hall–Kier alpha value is -2.69. The van der Waals surface area contributed by atoms with Crippen LogP contribution < -0.4 is 5.32 Å². The maximum Gasteiger partial charge on any atom is 0.242 e. The van der Waals surface area contributed by atoms with Crippen LogP contribution in [0.2, 0.25) is 0 Å². The van der Waals surface area contributed by atoms with Crippen molar-refractivity contribution in [1.29, 1.82) is 0 Å². The van der Waals surface area contributed by atoms with Gasteiger partial charge in [0.25, 0.3) is 0 Å². The van der Waals surface area contributed by atoms with E-state index in [2.05, 4.69) is 5.32 Å². The van der Waals surface area contributed by atoms with Crippen molar-refractivity contribution in [1.82, 2.24) is 10.2 Å². The summed E-state index contributed by atoms with van der Waals surface area (Å²) in [6.45, 7) is 10.6. The molecule has 0 aromatic heterocycles. The molecule has 0 fully saturated rings. The van der Waals surface area contributed by atoms with Gasteiger partial charge in [-0.1, -0.05) is 44.2 Å². The Balaban J connectivity index is 2.21. The van der Waals surface area contributed by atoms with E-state index in [0.29, 0.717) is 12.5 Å². The molecule has 2 rings (SSSR count). The summed E-state index contributed by atoms with van der Waals surface area (Å²) < 4.78 is 13.3. The van der Waals surface area contributed by atoms with Gasteiger partial charge in [0.1, 0.15) is 11.9 Å². The van der Waals surface area contributed by atoms with E-state index in [0.717, 1.165) is 16.7 Å². The third-order valence-corrected chi connectivity index (χ3v) is 5.04. The average molecular weight is 399 g/mol. The highest BCUT2D eigenvalue weighted by molar-refractivity contribution is 5.88. The number of amides is 2. The molecular weight excluding hydrogens is 367 g/mol. The minimum absolute atomic E-state index is 0.134. The molecule has 1 N–H and O–H groups in total. The molecule has 1 atom stereocenters. The topological polar surface area (TPSA) is 49.4 Å². The van der Waals surface area contributed by atoms with E-state index < -0.39 is 6.04 Å². The molecule has 0 saturated carbocycles. The molecular formula is C24H31FN2O2. The van der Waals surface area contributed by atoms with Crippen molar-refractivity contribution in [3.05, 3.63) is 70.5 Å². The number of aryl methyl sites for hydroxylation is 2. The molecule has 5 heteroatoms. The summed E-state index contributed by atoms with van der Waals surface area (Å²) in [5.41, 5.74) is 3.99. The monoisotopic (exact) mass is 398 g/mol. The first-order valence-corrected chi connectivity index (χ1v) is 10.0. The molecule has 2 aromatic rings. The van der Waals surface area contributed by atoms with Crippen LogP contribution in [0.15, 0.2) is 42.5 Å². The van der Waals surface area contributed by atoms with E-state index in [9.17, 15) is 14.0 Å². The Bertz CT molecular complexity index is 846. The predicted octanol–water partition coefficient (Wildman–Crippen LogP) is 4.17. The molecule has 0 aliphatic carbocycles. The zero-order valence-corrected chi connectivity index (χ0v) is 18.0. The highest BCUT2D eigenvalue weighted by Gasteiger charge is 2.26. The Kier molecular flexibility index (Phi) is 7.94. The number of carbonyl (C=O) groups excluding carboxylic acids is 2. The van der Waals surface area contributed by atoms with Crippen molar-refractivity contribution in [2.75, 3.05) is 6.54 Å². The largest absolute Gasteiger partial charge is 0.354 e. The maximum atomic E-state index is 13.3. The number of hydrogen-bond acceptors (Lipinski definition) is 2. The minimum atomic E-state index is -0.627. The lowest BCUT2D eigenvalue weighted by Gasteiger charge is -2.29. The second kappa shape index (κ2) is 10.2. The van der Waals surface area contributed by atoms with Crippen molar-refractivity contribution in [3.63, 3.8) is 0 Å². The number of nitrogens with zero attached hydrogens (tertiary/aromatic N) is 1. The molecule has 29 heavy (non-hydrogen) atoms. The zero-order valence-electron chi connectivity index (χ0n) is 18.0. The smallest absolute Gasteiger partial charge is 0.242 e. The second-order valence-corrected chi connectivity index (χ2v) is 8.06. The van der Waals surface area contributed by atoms with E-state index in [4.69, 9.17) is 0 Å². The number of rotatable bonds is 8. The van der Waals surface area contributed by atoms with E-state index in [1.807, 2.05) is 45.9 Å². The van der Waals surface area contributed by atoms with Crippen LogP contribution in [0.1, 0.15) is 43.0 Å². The first-order valence-electron chi connectivity index (χ1n) is 10.0. The van der Waals surface area contributed by atoms with Crippen molar-refractivity contribution >= 4 is 11.8 Å². The molecule has 0 unspecified atom stereocenters. The van der Waals surface area contributed by atoms with Gasteiger partial charge in [0.2, 0.25) is 11.8 Å². The van der Waals surface area contributed by atoms with Crippen LogP contribution in [0.3, 0.4) is 0 Å². The summed E-state index contributed by atoms with van der Waals surface area (Å²) in [6, 6.07) is 11.3. The first-order chi connectivity index (χ1) is 13.7. The average Bonchev–Trinajstić information content (AvgIpc) is 2.67. The van der Waals surface area contributed by atoms with Crippen LogP contribution in [0, 0.1) is 25.6 Å². The van der Waals surface area contributed by atoms with Gasteiger partial charge in [-0.3, -0.25) is 9.59 Å². The van der Waals surface area contributed by atoms with Gasteiger partial charge in [0.15, 0.2) is 0 Å². The fourth-order valence-corrected chi connectivity index (χ4v) is 3.01. The number of carbonyl (C=O) groups is 2. The zero-order chi connectivity index (χ0) is 21.6. The van der Waals surface area contributed by atoms with Crippen LogP contribution in [-0.2, 0) is 22.6 Å². The summed E-state index contributed by atoms with van der Waals surface area (Å²) in [6.07, 6.45) is 0.212. The molecule has 2 amide bonds. The SMILES string of the molecule is Cc1ccc(CC(=O)N(Cc2ccc(F)cc2)[C@@H](C)C(=O)NCC(C)C)cc1C. The predicted molar refractivity (Wildman–Crippen MR) is 114 cm³/mol. The Morgan fingerprint density at radius 3 is 2.17 bits per heavy atom. The second-order valence-electron chi connectivity index (χ2n) is 8.06. The van der Waals surface area contributed by atoms with Gasteiger partial charge in [-0.15, -0.1) is 0 Å². The molecule has 0 bridgehead atoms. The summed E-state index contributed by atoms with van der Waals surface area (Å²) in [5.74, 6) is -0.327. The fourth-order valence-electron chi connectivity index (χ4n) is 3.01. The van der Waals surface area contributed by atoms with Crippen LogP contribution >= 0.6 is 0 Å². The van der Waals surface area contributed by atoms with Crippen LogP contribution in [0.5, 0.6) is 0 Å². The third kappa shape index (κ3) is 6.70. The lowest BCUT2D eigenvalue weighted by molar-refractivity contribution is -0.140. The van der Waals surface area contributed by atoms with Crippen molar-refractivity contribution in [3.8, 4) is 0 Å². The van der Waals surface area contributed by atoms with Gasteiger partial charge in [0.05, 0.1) is 6.42 Å². The standard InChI is InChI=1S/C24H31FN2O2/c1-16(2)14-26-24(29)19(5)27(15-20-8-10-22(25)11-9-20)23(28)13-21-7-6-17(3)18(4)12-21/h6-12,16,19H,13-15H2,1-5H3,(H,26,29)/t19-/m0/s1.